The van der Waals surface area contributed by atoms with E-state index in [0.29, 0.717) is 28.8 Å². The molecule has 6 heteroatoms. The zero-order chi connectivity index (χ0) is 16.8. The van der Waals surface area contributed by atoms with E-state index in [1.807, 2.05) is 24.3 Å². The van der Waals surface area contributed by atoms with Crippen LogP contribution >= 0.6 is 11.6 Å². The number of amides is 1. The second kappa shape index (κ2) is 7.57. The first-order chi connectivity index (χ1) is 11.7. The molecule has 2 N–H and O–H groups in total. The van der Waals surface area contributed by atoms with Crippen LogP contribution in [0.15, 0.2) is 67.0 Å². The number of carbonyl (C=O) groups excluding carboxylic acids is 1. The van der Waals surface area contributed by atoms with E-state index in [-0.39, 0.29) is 5.91 Å². The molecule has 1 aromatic carbocycles. The standard InChI is InChI=1S/C18H15ClN4O/c19-14-8-6-13(7-9-14)12-22-17-15(5-3-11-21-17)23-18(24)16-4-1-2-10-20-16/h1-11H,12H2,(H,21,22)(H,23,24). The molecule has 2 aromatic heterocycles. The van der Waals surface area contributed by atoms with Gasteiger partial charge in [-0.3, -0.25) is 9.78 Å². The van der Waals surface area contributed by atoms with Crippen LogP contribution in [0.4, 0.5) is 11.5 Å². The van der Waals surface area contributed by atoms with Crippen molar-refractivity contribution in [1.82, 2.24) is 9.97 Å². The Hall–Kier alpha value is -2.92. The van der Waals surface area contributed by atoms with Crippen molar-refractivity contribution in [3.05, 3.63) is 83.3 Å². The number of hydrogen-bond donors (Lipinski definition) is 2. The normalized spacial score (nSPS) is 10.2. The monoisotopic (exact) mass is 338 g/mol. The smallest absolute Gasteiger partial charge is 0.274 e. The molecule has 0 atom stereocenters. The fraction of sp³-hybridized carbons (Fsp3) is 0.0556. The maximum Gasteiger partial charge on any atom is 0.274 e. The van der Waals surface area contributed by atoms with Gasteiger partial charge in [-0.15, -0.1) is 0 Å². The van der Waals surface area contributed by atoms with Crippen LogP contribution in [0.3, 0.4) is 0 Å². The lowest BCUT2D eigenvalue weighted by Crippen LogP contribution is -2.15. The van der Waals surface area contributed by atoms with Crippen LogP contribution in [-0.4, -0.2) is 15.9 Å². The van der Waals surface area contributed by atoms with Crippen molar-refractivity contribution in [2.45, 2.75) is 6.54 Å². The molecular weight excluding hydrogens is 324 g/mol. The van der Waals surface area contributed by atoms with Crippen molar-refractivity contribution in [3.8, 4) is 0 Å². The molecule has 2 heterocycles. The molecular formula is C18H15ClN4O. The lowest BCUT2D eigenvalue weighted by molar-refractivity contribution is 0.102. The lowest BCUT2D eigenvalue weighted by Gasteiger charge is -2.12. The van der Waals surface area contributed by atoms with Crippen molar-refractivity contribution in [2.75, 3.05) is 10.6 Å². The van der Waals surface area contributed by atoms with Crippen molar-refractivity contribution in [3.63, 3.8) is 0 Å². The van der Waals surface area contributed by atoms with Crippen LogP contribution in [-0.2, 0) is 6.54 Å². The molecule has 0 aliphatic heterocycles. The largest absolute Gasteiger partial charge is 0.364 e. The number of pyridine rings is 2. The van der Waals surface area contributed by atoms with Crippen molar-refractivity contribution in [1.29, 1.82) is 0 Å². The Balaban J connectivity index is 1.71. The predicted molar refractivity (Wildman–Crippen MR) is 95.2 cm³/mol. The van der Waals surface area contributed by atoms with Crippen LogP contribution in [0.2, 0.25) is 5.02 Å². The minimum Gasteiger partial charge on any atom is -0.364 e. The van der Waals surface area contributed by atoms with Crippen LogP contribution in [0, 0.1) is 0 Å². The van der Waals surface area contributed by atoms with Gasteiger partial charge in [0, 0.05) is 24.0 Å². The number of aromatic nitrogens is 2. The summed E-state index contributed by atoms with van der Waals surface area (Å²) in [5, 5.41) is 6.74. The Morgan fingerprint density at radius 3 is 2.50 bits per heavy atom. The van der Waals surface area contributed by atoms with E-state index in [4.69, 9.17) is 11.6 Å². The topological polar surface area (TPSA) is 66.9 Å². The Kier molecular flexibility index (Phi) is 5.03. The first-order valence-electron chi connectivity index (χ1n) is 7.38. The lowest BCUT2D eigenvalue weighted by atomic mass is 10.2. The van der Waals surface area contributed by atoms with Crippen LogP contribution in [0.25, 0.3) is 0 Å². The van der Waals surface area contributed by atoms with Gasteiger partial charge < -0.3 is 10.6 Å². The summed E-state index contributed by atoms with van der Waals surface area (Å²) in [6.07, 6.45) is 3.25. The average Bonchev–Trinajstić information content (AvgIpc) is 2.63. The molecule has 5 nitrogen and oxygen atoms in total. The van der Waals surface area contributed by atoms with Gasteiger partial charge in [-0.25, -0.2) is 4.98 Å². The molecule has 24 heavy (non-hydrogen) atoms. The van der Waals surface area contributed by atoms with Gasteiger partial charge in [-0.1, -0.05) is 29.8 Å². The van der Waals surface area contributed by atoms with Crippen LogP contribution in [0.5, 0.6) is 0 Å². The quantitative estimate of drug-likeness (QED) is 0.738. The molecule has 0 aliphatic rings. The first kappa shape index (κ1) is 16.0. The fourth-order valence-corrected chi connectivity index (χ4v) is 2.24. The van der Waals surface area contributed by atoms with E-state index in [2.05, 4.69) is 20.6 Å². The molecule has 0 spiro atoms. The van der Waals surface area contributed by atoms with E-state index in [0.717, 1.165) is 5.56 Å². The number of carbonyl (C=O) groups is 1. The van der Waals surface area contributed by atoms with Gasteiger partial charge >= 0.3 is 0 Å². The highest BCUT2D eigenvalue weighted by atomic mass is 35.5. The molecule has 3 aromatic rings. The predicted octanol–water partition coefficient (Wildman–Crippen LogP) is 3.99. The zero-order valence-corrected chi connectivity index (χ0v) is 13.5. The third-order valence-electron chi connectivity index (χ3n) is 3.33. The number of anilines is 2. The van der Waals surface area contributed by atoms with Gasteiger partial charge in [0.25, 0.3) is 5.91 Å². The third kappa shape index (κ3) is 4.08. The summed E-state index contributed by atoms with van der Waals surface area (Å²) in [6, 6.07) is 16.3. The number of halogens is 1. The van der Waals surface area contributed by atoms with Gasteiger partial charge in [0.2, 0.25) is 0 Å². The van der Waals surface area contributed by atoms with Gasteiger partial charge in [-0.05, 0) is 42.0 Å². The molecule has 0 radical (unpaired) electrons. The van der Waals surface area contributed by atoms with Crippen LogP contribution in [0.1, 0.15) is 16.1 Å². The Morgan fingerprint density at radius 1 is 0.958 bits per heavy atom. The maximum atomic E-state index is 12.2. The van der Waals surface area contributed by atoms with Crippen molar-refractivity contribution in [2.24, 2.45) is 0 Å². The van der Waals surface area contributed by atoms with Gasteiger partial charge in [-0.2, -0.15) is 0 Å². The minimum atomic E-state index is -0.279. The molecule has 0 saturated carbocycles. The zero-order valence-electron chi connectivity index (χ0n) is 12.7. The molecule has 120 valence electrons. The number of benzene rings is 1. The summed E-state index contributed by atoms with van der Waals surface area (Å²) >= 11 is 5.88. The molecule has 0 saturated heterocycles. The summed E-state index contributed by atoms with van der Waals surface area (Å²) in [5.41, 5.74) is 2.01. The van der Waals surface area contributed by atoms with Crippen LogP contribution < -0.4 is 10.6 Å². The van der Waals surface area contributed by atoms with E-state index in [9.17, 15) is 4.79 Å². The number of nitrogens with zero attached hydrogens (tertiary/aromatic N) is 2. The molecule has 0 fully saturated rings. The Bertz CT molecular complexity index is 822. The highest BCUT2D eigenvalue weighted by Gasteiger charge is 2.10. The Morgan fingerprint density at radius 2 is 1.75 bits per heavy atom. The highest BCUT2D eigenvalue weighted by Crippen LogP contribution is 2.20. The SMILES string of the molecule is O=C(Nc1cccnc1NCc1ccc(Cl)cc1)c1ccccn1. The molecule has 3 rings (SSSR count). The van der Waals surface area contributed by atoms with Gasteiger partial charge in [0.1, 0.15) is 11.5 Å². The third-order valence-corrected chi connectivity index (χ3v) is 3.58. The molecule has 1 amide bonds. The molecule has 0 bridgehead atoms. The molecule has 0 aliphatic carbocycles. The Labute approximate surface area is 144 Å². The highest BCUT2D eigenvalue weighted by molar-refractivity contribution is 6.30. The summed E-state index contributed by atoms with van der Waals surface area (Å²) < 4.78 is 0. The van der Waals surface area contributed by atoms with Crippen molar-refractivity contribution >= 4 is 29.0 Å². The van der Waals surface area contributed by atoms with E-state index >= 15 is 0 Å². The van der Waals surface area contributed by atoms with Gasteiger partial charge in [0.05, 0.1) is 5.69 Å². The second-order valence-corrected chi connectivity index (χ2v) is 5.49. The van der Waals surface area contributed by atoms with Gasteiger partial charge in [0.15, 0.2) is 0 Å². The van der Waals surface area contributed by atoms with E-state index in [1.54, 1.807) is 42.7 Å². The summed E-state index contributed by atoms with van der Waals surface area (Å²) in [5.74, 6) is 0.315. The number of nitrogens with one attached hydrogen (secondary N) is 2. The van der Waals surface area contributed by atoms with E-state index < -0.39 is 0 Å². The maximum absolute atomic E-state index is 12.2. The second-order valence-electron chi connectivity index (χ2n) is 5.05. The summed E-state index contributed by atoms with van der Waals surface area (Å²) in [7, 11) is 0. The van der Waals surface area contributed by atoms with E-state index in [1.165, 1.54) is 0 Å². The average molecular weight is 339 g/mol. The minimum absolute atomic E-state index is 0.279. The summed E-state index contributed by atoms with van der Waals surface area (Å²) in [6.45, 7) is 0.570. The molecule has 0 unspecified atom stereocenters. The number of hydrogen-bond acceptors (Lipinski definition) is 4. The number of rotatable bonds is 5. The summed E-state index contributed by atoms with van der Waals surface area (Å²) in [4.78, 5) is 20.6. The van der Waals surface area contributed by atoms with Crippen molar-refractivity contribution < 1.29 is 4.79 Å². The fourth-order valence-electron chi connectivity index (χ4n) is 2.12. The first-order valence-corrected chi connectivity index (χ1v) is 7.76.